The molecule has 0 amide bonds. The first-order valence-corrected chi connectivity index (χ1v) is 6.11. The summed E-state index contributed by atoms with van der Waals surface area (Å²) < 4.78 is 5.28. The first kappa shape index (κ1) is 13.3. The molecule has 0 aliphatic rings. The van der Waals surface area contributed by atoms with E-state index >= 15 is 0 Å². The summed E-state index contributed by atoms with van der Waals surface area (Å²) in [5.74, 6) is 0.811. The molecule has 0 aliphatic heterocycles. The summed E-state index contributed by atoms with van der Waals surface area (Å²) in [6.45, 7) is 3.42. The number of hydrogen-bond donors (Lipinski definition) is 0. The van der Waals surface area contributed by atoms with Crippen molar-refractivity contribution in [3.05, 3.63) is 41.0 Å². The van der Waals surface area contributed by atoms with Crippen molar-refractivity contribution in [3.63, 3.8) is 0 Å². The number of fused-ring (bicyclic) bond motifs is 1. The van der Waals surface area contributed by atoms with E-state index in [4.69, 9.17) is 4.74 Å². The van der Waals surface area contributed by atoms with Gasteiger partial charge >= 0.3 is 0 Å². The van der Waals surface area contributed by atoms with Crippen LogP contribution < -0.4 is 4.74 Å². The number of benzene rings is 2. The number of hydrogen-bond acceptors (Lipinski definition) is 3. The second kappa shape index (κ2) is 5.22. The van der Waals surface area contributed by atoms with Crippen molar-refractivity contribution < 1.29 is 14.3 Å². The van der Waals surface area contributed by atoms with Crippen LogP contribution in [0.15, 0.2) is 24.3 Å². The van der Waals surface area contributed by atoms with Gasteiger partial charge in [-0.25, -0.2) is 0 Å². The Bertz CT molecular complexity index is 657. The molecule has 0 saturated carbocycles. The minimum atomic E-state index is 0.109. The summed E-state index contributed by atoms with van der Waals surface area (Å²) in [4.78, 5) is 22.5. The van der Waals surface area contributed by atoms with Gasteiger partial charge in [0, 0.05) is 17.5 Å². The first-order chi connectivity index (χ1) is 9.06. The molecule has 3 nitrogen and oxygen atoms in total. The molecular formula is C16H16O3. The molecule has 0 saturated heterocycles. The molecule has 98 valence electrons. The Hall–Kier alpha value is -2.16. The highest BCUT2D eigenvalue weighted by atomic mass is 16.5. The van der Waals surface area contributed by atoms with Crippen LogP contribution in [0.2, 0.25) is 0 Å². The first-order valence-electron chi connectivity index (χ1n) is 6.11. The average molecular weight is 256 g/mol. The lowest BCUT2D eigenvalue weighted by Crippen LogP contribution is -1.98. The number of rotatable bonds is 4. The molecule has 0 heterocycles. The predicted octanol–water partition coefficient (Wildman–Crippen LogP) is 3.10. The second-order valence-corrected chi connectivity index (χ2v) is 4.67. The van der Waals surface area contributed by atoms with E-state index in [1.807, 2.05) is 31.2 Å². The van der Waals surface area contributed by atoms with Crippen molar-refractivity contribution in [1.82, 2.24) is 0 Å². The highest BCUT2D eigenvalue weighted by Gasteiger charge is 2.11. The van der Waals surface area contributed by atoms with Crippen molar-refractivity contribution in [2.75, 3.05) is 7.11 Å². The summed E-state index contributed by atoms with van der Waals surface area (Å²) in [6, 6.07) is 7.65. The molecule has 0 fully saturated rings. The number of Topliss-reactive ketones (excluding diaryl/α,β-unsaturated/α-hetero) is 1. The molecule has 19 heavy (non-hydrogen) atoms. The third-order valence-electron chi connectivity index (χ3n) is 3.26. The van der Waals surface area contributed by atoms with Gasteiger partial charge in [-0.05, 0) is 42.3 Å². The zero-order chi connectivity index (χ0) is 14.0. The molecule has 0 aliphatic carbocycles. The lowest BCUT2D eigenvalue weighted by atomic mass is 9.96. The molecule has 0 radical (unpaired) electrons. The molecule has 0 N–H and O–H groups in total. The standard InChI is InChI=1S/C16H16O3/c1-10(18)6-12-4-5-13-8-16(19-3)11(2)15(9-17)14(13)7-12/h4-5,7-9H,6H2,1-3H3. The normalized spacial score (nSPS) is 10.5. The van der Waals surface area contributed by atoms with Crippen LogP contribution in [0, 0.1) is 6.92 Å². The fourth-order valence-corrected chi connectivity index (χ4v) is 2.31. The lowest BCUT2D eigenvalue weighted by molar-refractivity contribution is -0.116. The van der Waals surface area contributed by atoms with Gasteiger partial charge in [-0.15, -0.1) is 0 Å². The smallest absolute Gasteiger partial charge is 0.151 e. The summed E-state index contributed by atoms with van der Waals surface area (Å²) >= 11 is 0. The van der Waals surface area contributed by atoms with Gasteiger partial charge in [0.1, 0.15) is 11.5 Å². The van der Waals surface area contributed by atoms with Gasteiger partial charge in [-0.1, -0.05) is 12.1 Å². The third kappa shape index (κ3) is 2.50. The maximum atomic E-state index is 11.3. The highest BCUT2D eigenvalue weighted by molar-refractivity contribution is 6.01. The van der Waals surface area contributed by atoms with Crippen LogP contribution in [0.5, 0.6) is 5.75 Å². The molecule has 0 bridgehead atoms. The summed E-state index contributed by atoms with van der Waals surface area (Å²) in [5, 5.41) is 1.81. The molecule has 0 spiro atoms. The number of methoxy groups -OCH3 is 1. The fraction of sp³-hybridized carbons (Fsp3) is 0.250. The maximum absolute atomic E-state index is 11.3. The van der Waals surface area contributed by atoms with Crippen LogP contribution in [0.3, 0.4) is 0 Å². The maximum Gasteiger partial charge on any atom is 0.151 e. The largest absolute Gasteiger partial charge is 0.496 e. The van der Waals surface area contributed by atoms with Gasteiger partial charge in [0.15, 0.2) is 6.29 Å². The van der Waals surface area contributed by atoms with E-state index in [-0.39, 0.29) is 5.78 Å². The Balaban J connectivity index is 2.70. The number of ether oxygens (including phenoxy) is 1. The van der Waals surface area contributed by atoms with Crippen LogP contribution in [0.4, 0.5) is 0 Å². The summed E-state index contributed by atoms with van der Waals surface area (Å²) in [7, 11) is 1.59. The van der Waals surface area contributed by atoms with Crippen molar-refractivity contribution in [2.24, 2.45) is 0 Å². The van der Waals surface area contributed by atoms with Gasteiger partial charge in [0.25, 0.3) is 0 Å². The monoisotopic (exact) mass is 256 g/mol. The van der Waals surface area contributed by atoms with E-state index in [1.54, 1.807) is 14.0 Å². The Morgan fingerprint density at radius 3 is 2.63 bits per heavy atom. The lowest BCUT2D eigenvalue weighted by Gasteiger charge is -2.11. The van der Waals surface area contributed by atoms with Gasteiger partial charge in [0.2, 0.25) is 0 Å². The molecule has 0 atom stereocenters. The number of carbonyl (C=O) groups is 2. The van der Waals surface area contributed by atoms with Crippen LogP contribution >= 0.6 is 0 Å². The molecule has 0 aromatic heterocycles. The molecule has 2 rings (SSSR count). The minimum Gasteiger partial charge on any atom is -0.496 e. The van der Waals surface area contributed by atoms with E-state index < -0.39 is 0 Å². The Morgan fingerprint density at radius 2 is 2.05 bits per heavy atom. The minimum absolute atomic E-state index is 0.109. The molecular weight excluding hydrogens is 240 g/mol. The zero-order valence-electron chi connectivity index (χ0n) is 11.3. The van der Waals surface area contributed by atoms with Crippen molar-refractivity contribution in [2.45, 2.75) is 20.3 Å². The second-order valence-electron chi connectivity index (χ2n) is 4.67. The molecule has 0 unspecified atom stereocenters. The zero-order valence-corrected chi connectivity index (χ0v) is 11.3. The summed E-state index contributed by atoms with van der Waals surface area (Å²) in [5.41, 5.74) is 2.37. The van der Waals surface area contributed by atoms with E-state index in [2.05, 4.69) is 0 Å². The van der Waals surface area contributed by atoms with Crippen molar-refractivity contribution >= 4 is 22.8 Å². The molecule has 2 aromatic rings. The average Bonchev–Trinajstić information content (AvgIpc) is 2.37. The number of carbonyl (C=O) groups excluding carboxylic acids is 2. The predicted molar refractivity (Wildman–Crippen MR) is 75.0 cm³/mol. The topological polar surface area (TPSA) is 43.4 Å². The van der Waals surface area contributed by atoms with E-state index in [0.29, 0.717) is 17.7 Å². The number of aldehydes is 1. The van der Waals surface area contributed by atoms with Crippen LogP contribution in [-0.4, -0.2) is 19.2 Å². The Labute approximate surface area is 112 Å². The van der Waals surface area contributed by atoms with E-state index in [9.17, 15) is 9.59 Å². The Kier molecular flexibility index (Phi) is 3.65. The summed E-state index contributed by atoms with van der Waals surface area (Å²) in [6.07, 6.45) is 1.23. The van der Waals surface area contributed by atoms with E-state index in [0.717, 1.165) is 28.2 Å². The van der Waals surface area contributed by atoms with Gasteiger partial charge < -0.3 is 4.74 Å². The third-order valence-corrected chi connectivity index (χ3v) is 3.26. The van der Waals surface area contributed by atoms with Gasteiger partial charge in [0.05, 0.1) is 7.11 Å². The highest BCUT2D eigenvalue weighted by Crippen LogP contribution is 2.30. The Morgan fingerprint density at radius 1 is 1.32 bits per heavy atom. The SMILES string of the molecule is COc1cc2ccc(CC(C)=O)cc2c(C=O)c1C. The van der Waals surface area contributed by atoms with Crippen LogP contribution in [0.1, 0.15) is 28.4 Å². The van der Waals surface area contributed by atoms with Crippen molar-refractivity contribution in [3.8, 4) is 5.75 Å². The molecule has 3 heteroatoms. The van der Waals surface area contributed by atoms with Gasteiger partial charge in [-0.3, -0.25) is 9.59 Å². The van der Waals surface area contributed by atoms with Crippen molar-refractivity contribution in [1.29, 1.82) is 0 Å². The quantitative estimate of drug-likeness (QED) is 0.789. The molecule has 2 aromatic carbocycles. The van der Waals surface area contributed by atoms with E-state index in [1.165, 1.54) is 0 Å². The number of ketones is 1. The van der Waals surface area contributed by atoms with Crippen LogP contribution in [-0.2, 0) is 11.2 Å². The van der Waals surface area contributed by atoms with Crippen LogP contribution in [0.25, 0.3) is 10.8 Å². The fourth-order valence-electron chi connectivity index (χ4n) is 2.31. The van der Waals surface area contributed by atoms with Gasteiger partial charge in [-0.2, -0.15) is 0 Å².